The van der Waals surface area contributed by atoms with Gasteiger partial charge in [0.2, 0.25) is 0 Å². The van der Waals surface area contributed by atoms with Crippen LogP contribution >= 0.6 is 0 Å². The molecule has 2 bridgehead atoms. The molecule has 0 radical (unpaired) electrons. The number of ether oxygens (including phenoxy) is 1. The number of pyridine rings is 1. The number of anilines is 1. The number of nitrogens with one attached hydrogen (secondary N) is 1. The van der Waals surface area contributed by atoms with E-state index in [0.717, 1.165) is 24.1 Å². The monoisotopic (exact) mass is 380 g/mol. The topological polar surface area (TPSA) is 74.8 Å². The van der Waals surface area contributed by atoms with E-state index in [-0.39, 0.29) is 24.1 Å². The summed E-state index contributed by atoms with van der Waals surface area (Å²) in [5.41, 5.74) is 2.37. The number of likely N-dealkylation sites (tertiary alicyclic amines) is 1. The number of fused-ring (bicyclic) bond motifs is 2. The molecule has 2 saturated heterocycles. The summed E-state index contributed by atoms with van der Waals surface area (Å²) >= 11 is 0. The second-order valence-corrected chi connectivity index (χ2v) is 7.29. The Labute approximate surface area is 164 Å². The normalized spacial score (nSPS) is 20.7. The number of carbonyl (C=O) groups excluding carboxylic acids is 2. The summed E-state index contributed by atoms with van der Waals surface area (Å²) in [6.45, 7) is 1.79. The number of carbonyl (C=O) groups is 2. The van der Waals surface area contributed by atoms with E-state index in [1.807, 2.05) is 29.2 Å². The van der Waals surface area contributed by atoms with Crippen molar-refractivity contribution in [3.63, 3.8) is 0 Å². The molecule has 1 N–H and O–H groups in total. The highest BCUT2D eigenvalue weighted by atomic mass is 16.5. The van der Waals surface area contributed by atoms with Crippen LogP contribution in [-0.4, -0.2) is 54.2 Å². The number of hydrogen-bond acceptors (Lipinski definition) is 4. The maximum atomic E-state index is 12.5. The van der Waals surface area contributed by atoms with Gasteiger partial charge in [0.25, 0.3) is 5.91 Å². The Hall–Kier alpha value is -2.93. The van der Waals surface area contributed by atoms with Crippen molar-refractivity contribution < 1.29 is 14.3 Å². The van der Waals surface area contributed by atoms with Gasteiger partial charge in [0.15, 0.2) is 0 Å². The van der Waals surface area contributed by atoms with Crippen LogP contribution in [0, 0.1) is 0 Å². The van der Waals surface area contributed by atoms with Crippen molar-refractivity contribution in [2.75, 3.05) is 25.0 Å². The Morgan fingerprint density at radius 3 is 2.39 bits per heavy atom. The van der Waals surface area contributed by atoms with Gasteiger partial charge in [0.1, 0.15) is 0 Å². The predicted molar refractivity (Wildman–Crippen MR) is 105 cm³/mol. The quantitative estimate of drug-likeness (QED) is 0.884. The van der Waals surface area contributed by atoms with Crippen molar-refractivity contribution in [2.24, 2.45) is 0 Å². The number of nitrogens with zero attached hydrogens (tertiary/aromatic N) is 3. The SMILES string of the molecule is CN(C(=O)c1ccncc1)c1ccc(CNC(=O)N2CC3CCC(C2)O3)cc1. The first-order chi connectivity index (χ1) is 13.6. The lowest BCUT2D eigenvalue weighted by Gasteiger charge is -2.32. The number of amides is 3. The van der Waals surface area contributed by atoms with Crippen LogP contribution in [0.25, 0.3) is 0 Å². The van der Waals surface area contributed by atoms with Gasteiger partial charge in [0, 0.05) is 50.3 Å². The molecule has 0 aliphatic carbocycles. The molecule has 0 saturated carbocycles. The van der Waals surface area contributed by atoms with Crippen molar-refractivity contribution in [2.45, 2.75) is 31.6 Å². The number of hydrogen-bond donors (Lipinski definition) is 1. The maximum Gasteiger partial charge on any atom is 0.317 e. The summed E-state index contributed by atoms with van der Waals surface area (Å²) in [6, 6.07) is 11.0. The van der Waals surface area contributed by atoms with Gasteiger partial charge < -0.3 is 19.9 Å². The fourth-order valence-corrected chi connectivity index (χ4v) is 3.71. The lowest BCUT2D eigenvalue weighted by Crippen LogP contribution is -2.49. The molecule has 7 nitrogen and oxygen atoms in total. The fraction of sp³-hybridized carbons (Fsp3) is 0.381. The molecule has 1 aromatic carbocycles. The molecule has 146 valence electrons. The second kappa shape index (κ2) is 7.98. The summed E-state index contributed by atoms with van der Waals surface area (Å²) in [5, 5.41) is 2.98. The van der Waals surface area contributed by atoms with Crippen molar-refractivity contribution in [1.82, 2.24) is 15.2 Å². The fourth-order valence-electron chi connectivity index (χ4n) is 3.71. The Kier molecular flexibility index (Phi) is 5.25. The highest BCUT2D eigenvalue weighted by Crippen LogP contribution is 2.26. The number of urea groups is 1. The first-order valence-corrected chi connectivity index (χ1v) is 9.55. The molecule has 4 rings (SSSR count). The van der Waals surface area contributed by atoms with Gasteiger partial charge in [-0.05, 0) is 42.7 Å². The van der Waals surface area contributed by atoms with Gasteiger partial charge in [-0.3, -0.25) is 9.78 Å². The highest BCUT2D eigenvalue weighted by Gasteiger charge is 2.35. The zero-order valence-corrected chi connectivity index (χ0v) is 15.9. The summed E-state index contributed by atoms with van der Waals surface area (Å²) < 4.78 is 5.77. The molecule has 7 heteroatoms. The lowest BCUT2D eigenvalue weighted by atomic mass is 10.1. The van der Waals surface area contributed by atoms with Crippen LogP contribution < -0.4 is 10.2 Å². The van der Waals surface area contributed by atoms with Gasteiger partial charge in [-0.1, -0.05) is 12.1 Å². The van der Waals surface area contributed by atoms with E-state index in [1.54, 1.807) is 36.5 Å². The molecule has 2 fully saturated rings. The Balaban J connectivity index is 1.32. The third-order valence-electron chi connectivity index (χ3n) is 5.33. The van der Waals surface area contributed by atoms with E-state index in [0.29, 0.717) is 25.2 Å². The van der Waals surface area contributed by atoms with Gasteiger partial charge in [-0.25, -0.2) is 4.79 Å². The van der Waals surface area contributed by atoms with E-state index in [9.17, 15) is 9.59 Å². The first-order valence-electron chi connectivity index (χ1n) is 9.55. The first kappa shape index (κ1) is 18.4. The second-order valence-electron chi connectivity index (χ2n) is 7.29. The molecule has 2 atom stereocenters. The van der Waals surface area contributed by atoms with Gasteiger partial charge in [0.05, 0.1) is 12.2 Å². The van der Waals surface area contributed by atoms with E-state index in [2.05, 4.69) is 10.3 Å². The minimum Gasteiger partial charge on any atom is -0.371 e. The number of benzene rings is 1. The summed E-state index contributed by atoms with van der Waals surface area (Å²) in [7, 11) is 1.74. The maximum absolute atomic E-state index is 12.5. The zero-order chi connectivity index (χ0) is 19.5. The minimum atomic E-state index is -0.0922. The molecule has 0 spiro atoms. The minimum absolute atomic E-state index is 0.0470. The highest BCUT2D eigenvalue weighted by molar-refractivity contribution is 6.05. The van der Waals surface area contributed by atoms with Crippen LogP contribution in [0.4, 0.5) is 10.5 Å². The van der Waals surface area contributed by atoms with E-state index in [4.69, 9.17) is 4.74 Å². The number of morpholine rings is 1. The molecular weight excluding hydrogens is 356 g/mol. The largest absolute Gasteiger partial charge is 0.371 e. The summed E-state index contributed by atoms with van der Waals surface area (Å²) in [4.78, 5) is 32.3. The van der Waals surface area contributed by atoms with Crippen molar-refractivity contribution in [3.05, 3.63) is 59.9 Å². The average molecular weight is 380 g/mol. The molecule has 2 unspecified atom stereocenters. The van der Waals surface area contributed by atoms with Crippen LogP contribution in [0.2, 0.25) is 0 Å². The smallest absolute Gasteiger partial charge is 0.317 e. The molecule has 28 heavy (non-hydrogen) atoms. The summed E-state index contributed by atoms with van der Waals surface area (Å²) in [5.74, 6) is -0.0922. The van der Waals surface area contributed by atoms with Crippen LogP contribution in [0.1, 0.15) is 28.8 Å². The zero-order valence-electron chi connectivity index (χ0n) is 15.9. The van der Waals surface area contributed by atoms with Gasteiger partial charge in [-0.2, -0.15) is 0 Å². The van der Waals surface area contributed by atoms with Crippen LogP contribution in [0.15, 0.2) is 48.8 Å². The Morgan fingerprint density at radius 1 is 1.11 bits per heavy atom. The third-order valence-corrected chi connectivity index (χ3v) is 5.33. The molecule has 1 aromatic heterocycles. The predicted octanol–water partition coefficient (Wildman–Crippen LogP) is 2.43. The molecule has 3 heterocycles. The van der Waals surface area contributed by atoms with Crippen LogP contribution in [0.5, 0.6) is 0 Å². The number of rotatable bonds is 4. The average Bonchev–Trinajstić information content (AvgIpc) is 3.09. The molecule has 2 aliphatic rings. The third kappa shape index (κ3) is 3.99. The Morgan fingerprint density at radius 2 is 1.75 bits per heavy atom. The molecule has 2 aromatic rings. The van der Waals surface area contributed by atoms with Crippen LogP contribution in [0.3, 0.4) is 0 Å². The van der Waals surface area contributed by atoms with Gasteiger partial charge in [-0.15, -0.1) is 0 Å². The van der Waals surface area contributed by atoms with E-state index in [1.165, 1.54) is 0 Å². The molecule has 3 amide bonds. The Bertz CT molecular complexity index is 828. The molecule has 2 aliphatic heterocycles. The summed E-state index contributed by atoms with van der Waals surface area (Å²) in [6.07, 6.45) is 5.68. The lowest BCUT2D eigenvalue weighted by molar-refractivity contribution is -0.0238. The van der Waals surface area contributed by atoms with Crippen molar-refractivity contribution in [3.8, 4) is 0 Å². The van der Waals surface area contributed by atoms with E-state index >= 15 is 0 Å². The van der Waals surface area contributed by atoms with E-state index < -0.39 is 0 Å². The van der Waals surface area contributed by atoms with Gasteiger partial charge >= 0.3 is 6.03 Å². The number of aromatic nitrogens is 1. The van der Waals surface area contributed by atoms with Crippen molar-refractivity contribution >= 4 is 17.6 Å². The van der Waals surface area contributed by atoms with Crippen LogP contribution in [-0.2, 0) is 11.3 Å². The van der Waals surface area contributed by atoms with Crippen molar-refractivity contribution in [1.29, 1.82) is 0 Å². The standard InChI is InChI=1S/C21H24N4O3/c1-24(20(26)16-8-10-22-11-9-16)17-4-2-15(3-5-17)12-23-21(27)25-13-18-6-7-19(14-25)28-18/h2-5,8-11,18-19H,6-7,12-14H2,1H3,(H,23,27). The molecular formula is C21H24N4O3.